The van der Waals surface area contributed by atoms with Gasteiger partial charge in [0.15, 0.2) is 9.84 Å². The zero-order valence-corrected chi connectivity index (χ0v) is 13.1. The molecular formula is C16H18N2O3S. The molecule has 1 aliphatic heterocycles. The quantitative estimate of drug-likeness (QED) is 0.863. The van der Waals surface area contributed by atoms with Crippen molar-refractivity contribution >= 4 is 21.9 Å². The van der Waals surface area contributed by atoms with Crippen molar-refractivity contribution in [2.24, 2.45) is 0 Å². The number of hydrogen-bond acceptors (Lipinski definition) is 4. The van der Waals surface area contributed by atoms with Crippen LogP contribution < -0.4 is 5.32 Å². The van der Waals surface area contributed by atoms with Gasteiger partial charge in [0, 0.05) is 18.1 Å². The lowest BCUT2D eigenvalue weighted by molar-refractivity contribution is -0.105. The number of hydrogen-bond donors (Lipinski definition) is 1. The first-order valence-electron chi connectivity index (χ1n) is 6.95. The maximum absolute atomic E-state index is 11.6. The number of pyridine rings is 1. The van der Waals surface area contributed by atoms with E-state index in [1.165, 1.54) is 0 Å². The summed E-state index contributed by atoms with van der Waals surface area (Å²) in [7, 11) is -2.96. The number of nitrogens with one attached hydrogen (secondary N) is 1. The fourth-order valence-corrected chi connectivity index (χ4v) is 3.92. The molecule has 2 heterocycles. The van der Waals surface area contributed by atoms with Crippen molar-refractivity contribution in [3.8, 4) is 0 Å². The molecule has 3 rings (SSSR count). The summed E-state index contributed by atoms with van der Waals surface area (Å²) in [5.74, 6) is 0.309. The maximum Gasteiger partial charge on any atom is 0.211 e. The number of carbonyl (C=O) groups excluding carboxylic acids is 1. The molecule has 0 fully saturated rings. The second-order valence-corrected chi connectivity index (χ2v) is 7.11. The molecule has 0 aliphatic carbocycles. The van der Waals surface area contributed by atoms with E-state index in [2.05, 4.69) is 10.3 Å². The third-order valence-electron chi connectivity index (χ3n) is 3.32. The summed E-state index contributed by atoms with van der Waals surface area (Å²) in [5, 5.41) is 2.49. The van der Waals surface area contributed by atoms with E-state index < -0.39 is 9.84 Å². The number of aryl methyl sites for hydroxylation is 2. The second-order valence-electron chi connectivity index (χ2n) is 5.03. The van der Waals surface area contributed by atoms with Gasteiger partial charge in [0.05, 0.1) is 10.6 Å². The van der Waals surface area contributed by atoms with Crippen LogP contribution in [0.1, 0.15) is 17.5 Å². The Morgan fingerprint density at radius 2 is 1.91 bits per heavy atom. The molecule has 5 nitrogen and oxygen atoms in total. The molecule has 22 heavy (non-hydrogen) atoms. The molecule has 0 radical (unpaired) electrons. The molecule has 2 aromatic rings. The number of nitrogens with zero attached hydrogens (tertiary/aromatic N) is 1. The smallest absolute Gasteiger partial charge is 0.211 e. The summed E-state index contributed by atoms with van der Waals surface area (Å²) in [5.41, 5.74) is 2.76. The first-order valence-corrected chi connectivity index (χ1v) is 8.60. The van der Waals surface area contributed by atoms with E-state index in [4.69, 9.17) is 0 Å². The molecule has 6 heteroatoms. The predicted octanol–water partition coefficient (Wildman–Crippen LogP) is 2.36. The number of benzene rings is 1. The van der Waals surface area contributed by atoms with Crippen molar-refractivity contribution in [3.63, 3.8) is 0 Å². The topological polar surface area (TPSA) is 76.1 Å². The Kier molecular flexibility index (Phi) is 5.27. The van der Waals surface area contributed by atoms with E-state index in [9.17, 15) is 13.2 Å². The Morgan fingerprint density at radius 3 is 2.59 bits per heavy atom. The Balaban J connectivity index is 0.000000172. The van der Waals surface area contributed by atoms with Gasteiger partial charge in [-0.15, -0.1) is 0 Å². The van der Waals surface area contributed by atoms with Crippen LogP contribution in [0.3, 0.4) is 0 Å². The molecule has 0 unspecified atom stereocenters. The van der Waals surface area contributed by atoms with Gasteiger partial charge < -0.3 is 5.32 Å². The molecule has 1 aromatic heterocycles. The molecule has 1 aromatic carbocycles. The van der Waals surface area contributed by atoms with Crippen LogP contribution in [0, 0.1) is 6.92 Å². The summed E-state index contributed by atoms with van der Waals surface area (Å²) in [6.07, 6.45) is 5.53. The summed E-state index contributed by atoms with van der Waals surface area (Å²) < 4.78 is 23.3. The number of rotatable bonds is 2. The van der Waals surface area contributed by atoms with Crippen molar-refractivity contribution < 1.29 is 13.2 Å². The molecular weight excluding hydrogens is 300 g/mol. The zero-order valence-electron chi connectivity index (χ0n) is 12.3. The van der Waals surface area contributed by atoms with Gasteiger partial charge in [0.25, 0.3) is 0 Å². The van der Waals surface area contributed by atoms with Crippen molar-refractivity contribution in [3.05, 3.63) is 53.9 Å². The van der Waals surface area contributed by atoms with Gasteiger partial charge in [-0.2, -0.15) is 0 Å². The Morgan fingerprint density at radius 1 is 1.18 bits per heavy atom. The van der Waals surface area contributed by atoms with Gasteiger partial charge in [0.1, 0.15) is 0 Å². The molecule has 0 saturated carbocycles. The molecule has 116 valence electrons. The van der Waals surface area contributed by atoms with Gasteiger partial charge in [-0.25, -0.2) is 8.42 Å². The monoisotopic (exact) mass is 318 g/mol. The van der Waals surface area contributed by atoms with Crippen LogP contribution in [0.4, 0.5) is 5.69 Å². The van der Waals surface area contributed by atoms with Crippen LogP contribution in [0.5, 0.6) is 0 Å². The first kappa shape index (κ1) is 16.2. The van der Waals surface area contributed by atoms with E-state index in [0.29, 0.717) is 17.1 Å². The first-order chi connectivity index (χ1) is 10.5. The zero-order chi connectivity index (χ0) is 16.0. The lowest BCUT2D eigenvalue weighted by Gasteiger charge is -2.16. The minimum Gasteiger partial charge on any atom is -0.329 e. The average molecular weight is 318 g/mol. The lowest BCUT2D eigenvalue weighted by atomic mass is 10.1. The van der Waals surface area contributed by atoms with Gasteiger partial charge in [-0.05, 0) is 49.1 Å². The van der Waals surface area contributed by atoms with Crippen LogP contribution in [0.2, 0.25) is 0 Å². The minimum absolute atomic E-state index is 0.309. The van der Waals surface area contributed by atoms with Crippen LogP contribution in [0.25, 0.3) is 0 Å². The number of sulfone groups is 1. The van der Waals surface area contributed by atoms with Crippen LogP contribution >= 0.6 is 0 Å². The third kappa shape index (κ3) is 4.14. The van der Waals surface area contributed by atoms with E-state index in [1.807, 2.05) is 19.1 Å². The van der Waals surface area contributed by atoms with E-state index >= 15 is 0 Å². The molecule has 1 aliphatic rings. The molecule has 0 atom stereocenters. The third-order valence-corrected chi connectivity index (χ3v) is 5.20. The fraction of sp³-hybridized carbons (Fsp3) is 0.250. The maximum atomic E-state index is 11.6. The molecule has 0 saturated heterocycles. The SMILES string of the molecule is Cc1ccc2c(c1)S(=O)(=O)CCC2.O=CNc1ccncc1. The number of aromatic nitrogens is 1. The summed E-state index contributed by atoms with van der Waals surface area (Å²) in [6.45, 7) is 1.92. The highest BCUT2D eigenvalue weighted by molar-refractivity contribution is 7.91. The Hall–Kier alpha value is -2.21. The number of carbonyl (C=O) groups is 1. The van der Waals surface area contributed by atoms with E-state index in [-0.39, 0.29) is 0 Å². The van der Waals surface area contributed by atoms with Crippen molar-refractivity contribution in [2.45, 2.75) is 24.7 Å². The second kappa shape index (κ2) is 7.17. The molecule has 1 amide bonds. The van der Waals surface area contributed by atoms with E-state index in [1.54, 1.807) is 30.6 Å². The van der Waals surface area contributed by atoms with Crippen LogP contribution in [-0.4, -0.2) is 25.6 Å². The summed E-state index contributed by atoms with van der Waals surface area (Å²) in [6, 6.07) is 9.12. The highest BCUT2D eigenvalue weighted by atomic mass is 32.2. The van der Waals surface area contributed by atoms with Gasteiger partial charge in [0.2, 0.25) is 6.41 Å². The number of fused-ring (bicyclic) bond motifs is 1. The predicted molar refractivity (Wildman–Crippen MR) is 85.5 cm³/mol. The molecule has 0 spiro atoms. The lowest BCUT2D eigenvalue weighted by Crippen LogP contribution is -2.16. The Labute approximate surface area is 130 Å². The summed E-state index contributed by atoms with van der Waals surface area (Å²) >= 11 is 0. The number of anilines is 1. The number of amides is 1. The minimum atomic E-state index is -2.96. The van der Waals surface area contributed by atoms with Crippen LogP contribution in [-0.2, 0) is 21.1 Å². The van der Waals surface area contributed by atoms with Gasteiger partial charge >= 0.3 is 0 Å². The van der Waals surface area contributed by atoms with Gasteiger partial charge in [-0.3, -0.25) is 9.78 Å². The van der Waals surface area contributed by atoms with Crippen LogP contribution in [0.15, 0.2) is 47.6 Å². The highest BCUT2D eigenvalue weighted by Crippen LogP contribution is 2.25. The van der Waals surface area contributed by atoms with Crippen molar-refractivity contribution in [1.82, 2.24) is 4.98 Å². The fourth-order valence-electron chi connectivity index (χ4n) is 2.24. The molecule has 0 bridgehead atoms. The van der Waals surface area contributed by atoms with Gasteiger partial charge in [-0.1, -0.05) is 12.1 Å². The van der Waals surface area contributed by atoms with Crippen molar-refractivity contribution in [1.29, 1.82) is 0 Å². The Bertz CT molecular complexity index is 743. The normalized spacial score (nSPS) is 15.0. The molecule has 1 N–H and O–H groups in total. The standard InChI is InChI=1S/C10H12O2S.C6H6N2O/c1-8-4-5-9-3-2-6-13(11,12)10(9)7-8;9-5-8-6-1-3-7-4-2-6/h4-5,7H,2-3,6H2,1H3;1-5H,(H,7,8,9). The highest BCUT2D eigenvalue weighted by Gasteiger charge is 2.22. The van der Waals surface area contributed by atoms with E-state index in [0.717, 1.165) is 29.7 Å². The average Bonchev–Trinajstić information content (AvgIpc) is 2.50. The largest absolute Gasteiger partial charge is 0.329 e. The van der Waals surface area contributed by atoms with Crippen molar-refractivity contribution in [2.75, 3.05) is 11.1 Å². The summed E-state index contributed by atoms with van der Waals surface area (Å²) in [4.78, 5) is 14.2.